The Bertz CT molecular complexity index is 188. The van der Waals surface area contributed by atoms with E-state index in [0.717, 1.165) is 5.92 Å². The molecule has 0 unspecified atom stereocenters. The molecular formula is C12H24N2. The Hall–Kier alpha value is -0.0800. The van der Waals surface area contributed by atoms with E-state index < -0.39 is 0 Å². The molecule has 1 aliphatic carbocycles. The predicted octanol–water partition coefficient (Wildman–Crippen LogP) is 1.81. The van der Waals surface area contributed by atoms with E-state index in [4.69, 9.17) is 0 Å². The van der Waals surface area contributed by atoms with Crippen LogP contribution in [0.2, 0.25) is 0 Å². The molecule has 0 N–H and O–H groups in total. The average Bonchev–Trinajstić information content (AvgIpc) is 2.99. The Labute approximate surface area is 88.3 Å². The van der Waals surface area contributed by atoms with E-state index in [2.05, 4.69) is 30.6 Å². The Kier molecular flexibility index (Phi) is 2.85. The lowest BCUT2D eigenvalue weighted by Crippen LogP contribution is -2.52. The summed E-state index contributed by atoms with van der Waals surface area (Å²) in [4.78, 5) is 5.32. The van der Waals surface area contributed by atoms with Crippen LogP contribution in [-0.4, -0.2) is 48.1 Å². The van der Waals surface area contributed by atoms with Gasteiger partial charge in [-0.05, 0) is 25.3 Å². The Morgan fingerprint density at radius 1 is 1.07 bits per heavy atom. The lowest BCUT2D eigenvalue weighted by atomic mass is 9.99. The molecule has 0 bridgehead atoms. The topological polar surface area (TPSA) is 6.48 Å². The van der Waals surface area contributed by atoms with Gasteiger partial charge >= 0.3 is 0 Å². The van der Waals surface area contributed by atoms with Gasteiger partial charge in [0.05, 0.1) is 0 Å². The molecule has 0 aromatic rings. The fourth-order valence-electron chi connectivity index (χ4n) is 2.90. The van der Waals surface area contributed by atoms with Gasteiger partial charge in [-0.25, -0.2) is 0 Å². The molecule has 0 aromatic heterocycles. The minimum absolute atomic E-state index is 0.611. The molecule has 1 saturated heterocycles. The summed E-state index contributed by atoms with van der Waals surface area (Å²) in [5.41, 5.74) is 0.611. The highest BCUT2D eigenvalue weighted by atomic mass is 15.3. The maximum Gasteiger partial charge on any atom is 0.0234 e. The quantitative estimate of drug-likeness (QED) is 0.679. The van der Waals surface area contributed by atoms with Gasteiger partial charge in [-0.2, -0.15) is 0 Å². The SMILES string of the molecule is CCN1CCN(C2(C(C)C)CC2)CC1. The third-order valence-corrected chi connectivity index (χ3v) is 4.29. The molecule has 1 heterocycles. The van der Waals surface area contributed by atoms with Crippen molar-refractivity contribution in [3.8, 4) is 0 Å². The van der Waals surface area contributed by atoms with E-state index in [1.54, 1.807) is 0 Å². The minimum Gasteiger partial charge on any atom is -0.301 e. The van der Waals surface area contributed by atoms with E-state index in [0.29, 0.717) is 5.54 Å². The fourth-order valence-corrected chi connectivity index (χ4v) is 2.90. The molecule has 2 fully saturated rings. The molecule has 0 amide bonds. The molecule has 2 aliphatic rings. The van der Waals surface area contributed by atoms with Gasteiger partial charge in [0.1, 0.15) is 0 Å². The summed E-state index contributed by atoms with van der Waals surface area (Å²) in [6.45, 7) is 13.4. The Morgan fingerprint density at radius 2 is 1.64 bits per heavy atom. The highest BCUT2D eigenvalue weighted by molar-refractivity contribution is 5.06. The van der Waals surface area contributed by atoms with Gasteiger partial charge in [0.2, 0.25) is 0 Å². The van der Waals surface area contributed by atoms with E-state index >= 15 is 0 Å². The molecule has 1 saturated carbocycles. The monoisotopic (exact) mass is 196 g/mol. The van der Waals surface area contributed by atoms with Gasteiger partial charge in [-0.1, -0.05) is 20.8 Å². The van der Waals surface area contributed by atoms with E-state index in [9.17, 15) is 0 Å². The largest absolute Gasteiger partial charge is 0.301 e. The summed E-state index contributed by atoms with van der Waals surface area (Å²) in [5.74, 6) is 0.843. The standard InChI is InChI=1S/C12H24N2/c1-4-13-7-9-14(10-8-13)12(5-6-12)11(2)3/h11H,4-10H2,1-3H3. The maximum absolute atomic E-state index is 2.75. The van der Waals surface area contributed by atoms with E-state index in [1.165, 1.54) is 45.6 Å². The molecule has 82 valence electrons. The lowest BCUT2D eigenvalue weighted by Gasteiger charge is -2.41. The van der Waals surface area contributed by atoms with Crippen LogP contribution in [0.25, 0.3) is 0 Å². The van der Waals surface area contributed by atoms with Gasteiger partial charge in [-0.3, -0.25) is 4.90 Å². The number of likely N-dealkylation sites (N-methyl/N-ethyl adjacent to an activating group) is 1. The number of nitrogens with zero attached hydrogens (tertiary/aromatic N) is 2. The molecule has 14 heavy (non-hydrogen) atoms. The lowest BCUT2D eigenvalue weighted by molar-refractivity contribution is 0.0651. The van der Waals surface area contributed by atoms with Crippen LogP contribution in [0.3, 0.4) is 0 Å². The summed E-state index contributed by atoms with van der Waals surface area (Å²) in [5, 5.41) is 0. The van der Waals surface area contributed by atoms with Crippen molar-refractivity contribution in [1.82, 2.24) is 9.80 Å². The van der Waals surface area contributed by atoms with Crippen LogP contribution < -0.4 is 0 Å². The van der Waals surface area contributed by atoms with Gasteiger partial charge in [-0.15, -0.1) is 0 Å². The van der Waals surface area contributed by atoms with Crippen LogP contribution in [0.15, 0.2) is 0 Å². The summed E-state index contributed by atoms with van der Waals surface area (Å²) in [6.07, 6.45) is 2.88. The summed E-state index contributed by atoms with van der Waals surface area (Å²) in [7, 11) is 0. The van der Waals surface area contributed by atoms with Crippen molar-refractivity contribution in [3.05, 3.63) is 0 Å². The van der Waals surface area contributed by atoms with Gasteiger partial charge in [0.15, 0.2) is 0 Å². The van der Waals surface area contributed by atoms with Crippen molar-refractivity contribution in [2.75, 3.05) is 32.7 Å². The number of rotatable bonds is 3. The van der Waals surface area contributed by atoms with Crippen molar-refractivity contribution >= 4 is 0 Å². The molecule has 0 atom stereocenters. The Balaban J connectivity index is 1.89. The average molecular weight is 196 g/mol. The summed E-state index contributed by atoms with van der Waals surface area (Å²) < 4.78 is 0. The van der Waals surface area contributed by atoms with Gasteiger partial charge in [0, 0.05) is 31.7 Å². The summed E-state index contributed by atoms with van der Waals surface area (Å²) >= 11 is 0. The number of piperazine rings is 1. The van der Waals surface area contributed by atoms with Crippen molar-refractivity contribution in [1.29, 1.82) is 0 Å². The van der Waals surface area contributed by atoms with Crippen LogP contribution in [0.1, 0.15) is 33.6 Å². The molecular weight excluding hydrogens is 172 g/mol. The second-order valence-corrected chi connectivity index (χ2v) is 5.18. The zero-order valence-electron chi connectivity index (χ0n) is 9.92. The van der Waals surface area contributed by atoms with Crippen LogP contribution in [0.5, 0.6) is 0 Å². The fraction of sp³-hybridized carbons (Fsp3) is 1.00. The molecule has 1 aliphatic heterocycles. The van der Waals surface area contributed by atoms with Crippen LogP contribution in [0, 0.1) is 5.92 Å². The van der Waals surface area contributed by atoms with Crippen molar-refractivity contribution < 1.29 is 0 Å². The first kappa shape index (κ1) is 10.4. The maximum atomic E-state index is 2.75. The zero-order valence-corrected chi connectivity index (χ0v) is 9.92. The van der Waals surface area contributed by atoms with E-state index in [1.807, 2.05) is 0 Å². The first-order valence-electron chi connectivity index (χ1n) is 6.16. The van der Waals surface area contributed by atoms with Gasteiger partial charge < -0.3 is 4.90 Å². The number of hydrogen-bond acceptors (Lipinski definition) is 2. The molecule has 0 radical (unpaired) electrons. The van der Waals surface area contributed by atoms with Gasteiger partial charge in [0.25, 0.3) is 0 Å². The first-order valence-corrected chi connectivity index (χ1v) is 6.16. The molecule has 2 rings (SSSR count). The Morgan fingerprint density at radius 3 is 2.00 bits per heavy atom. The summed E-state index contributed by atoms with van der Waals surface area (Å²) in [6, 6.07) is 0. The third-order valence-electron chi connectivity index (χ3n) is 4.29. The second-order valence-electron chi connectivity index (χ2n) is 5.18. The predicted molar refractivity (Wildman–Crippen MR) is 60.5 cm³/mol. The molecule has 0 aromatic carbocycles. The van der Waals surface area contributed by atoms with Crippen molar-refractivity contribution in [2.24, 2.45) is 5.92 Å². The number of hydrogen-bond donors (Lipinski definition) is 0. The van der Waals surface area contributed by atoms with Crippen LogP contribution in [0.4, 0.5) is 0 Å². The third kappa shape index (κ3) is 1.70. The normalized spacial score (nSPS) is 28.3. The highest BCUT2D eigenvalue weighted by Gasteiger charge is 2.50. The zero-order chi connectivity index (χ0) is 10.2. The van der Waals surface area contributed by atoms with Crippen molar-refractivity contribution in [3.63, 3.8) is 0 Å². The second kappa shape index (κ2) is 3.82. The first-order chi connectivity index (χ1) is 6.69. The molecule has 0 spiro atoms. The smallest absolute Gasteiger partial charge is 0.0234 e. The van der Waals surface area contributed by atoms with Crippen molar-refractivity contribution in [2.45, 2.75) is 39.2 Å². The van der Waals surface area contributed by atoms with Crippen LogP contribution >= 0.6 is 0 Å². The minimum atomic E-state index is 0.611. The van der Waals surface area contributed by atoms with E-state index in [-0.39, 0.29) is 0 Å². The molecule has 2 nitrogen and oxygen atoms in total. The highest BCUT2D eigenvalue weighted by Crippen LogP contribution is 2.47. The molecule has 2 heteroatoms. The van der Waals surface area contributed by atoms with Crippen LogP contribution in [-0.2, 0) is 0 Å².